The first kappa shape index (κ1) is 24.6. The van der Waals surface area contributed by atoms with Gasteiger partial charge >= 0.3 is 6.09 Å². The highest BCUT2D eigenvalue weighted by atomic mass is 32.1. The number of nitrogens with one attached hydrogen (secondary N) is 2. The number of ketones is 1. The molecule has 3 rings (SSSR count). The van der Waals surface area contributed by atoms with E-state index in [9.17, 15) is 18.8 Å². The molecule has 174 valence electrons. The van der Waals surface area contributed by atoms with Crippen molar-refractivity contribution in [3.8, 4) is 17.2 Å². The van der Waals surface area contributed by atoms with Crippen molar-refractivity contribution in [2.24, 2.45) is 0 Å². The standard InChI is InChI=1S/C25H22FN3O4S/c1-25(2,3)33-24(32)29-19-9-6-16(15-4-7-18(26)8-5-15)12-20(19)28-22(31)13-21(30)23-17(14-27)10-11-34-23/h4-12H,13H2,1-3H3,(H,28,31)(H,29,32). The molecule has 3 aromatic rings. The van der Waals surface area contributed by atoms with Gasteiger partial charge in [0.15, 0.2) is 5.78 Å². The fourth-order valence-electron chi connectivity index (χ4n) is 3.03. The summed E-state index contributed by atoms with van der Waals surface area (Å²) in [6.45, 7) is 5.16. The van der Waals surface area contributed by atoms with Crippen LogP contribution in [0.25, 0.3) is 11.1 Å². The zero-order chi connectivity index (χ0) is 24.9. The Balaban J connectivity index is 1.86. The second kappa shape index (κ2) is 10.3. The maximum atomic E-state index is 13.3. The van der Waals surface area contributed by atoms with Gasteiger partial charge in [0.25, 0.3) is 0 Å². The topological polar surface area (TPSA) is 108 Å². The van der Waals surface area contributed by atoms with Gasteiger partial charge in [0.1, 0.15) is 17.5 Å². The minimum Gasteiger partial charge on any atom is -0.444 e. The average Bonchev–Trinajstić information content (AvgIpc) is 3.23. The summed E-state index contributed by atoms with van der Waals surface area (Å²) in [5, 5.41) is 16.0. The number of carbonyl (C=O) groups excluding carboxylic acids is 3. The van der Waals surface area contributed by atoms with Gasteiger partial charge < -0.3 is 10.1 Å². The molecule has 34 heavy (non-hydrogen) atoms. The molecule has 0 saturated heterocycles. The van der Waals surface area contributed by atoms with Crippen LogP contribution in [0, 0.1) is 17.1 Å². The van der Waals surface area contributed by atoms with Gasteiger partial charge in [-0.25, -0.2) is 9.18 Å². The Hall–Kier alpha value is -4.03. The first-order valence-electron chi connectivity index (χ1n) is 10.3. The Morgan fingerprint density at radius 2 is 1.68 bits per heavy atom. The summed E-state index contributed by atoms with van der Waals surface area (Å²) in [7, 11) is 0. The predicted octanol–water partition coefficient (Wildman–Crippen LogP) is 5.98. The van der Waals surface area contributed by atoms with Crippen LogP contribution in [0.2, 0.25) is 0 Å². The smallest absolute Gasteiger partial charge is 0.412 e. The molecule has 0 aliphatic rings. The van der Waals surface area contributed by atoms with Crippen LogP contribution in [0.15, 0.2) is 53.9 Å². The van der Waals surface area contributed by atoms with Crippen LogP contribution in [0.3, 0.4) is 0 Å². The van der Waals surface area contributed by atoms with Crippen molar-refractivity contribution < 1.29 is 23.5 Å². The van der Waals surface area contributed by atoms with E-state index in [-0.39, 0.29) is 27.6 Å². The van der Waals surface area contributed by atoms with Gasteiger partial charge in [-0.3, -0.25) is 14.9 Å². The molecule has 1 aromatic heterocycles. The number of hydrogen-bond acceptors (Lipinski definition) is 6. The summed E-state index contributed by atoms with van der Waals surface area (Å²) in [6, 6.07) is 14.1. The SMILES string of the molecule is CC(C)(C)OC(=O)Nc1ccc(-c2ccc(F)cc2)cc1NC(=O)CC(=O)c1sccc1C#N. The summed E-state index contributed by atoms with van der Waals surface area (Å²) >= 11 is 1.09. The number of benzene rings is 2. The van der Waals surface area contributed by atoms with Gasteiger partial charge in [-0.1, -0.05) is 18.2 Å². The predicted molar refractivity (Wildman–Crippen MR) is 128 cm³/mol. The average molecular weight is 480 g/mol. The van der Waals surface area contributed by atoms with Crippen molar-refractivity contribution in [1.29, 1.82) is 5.26 Å². The highest BCUT2D eigenvalue weighted by Gasteiger charge is 2.20. The molecule has 0 atom stereocenters. The Kier molecular flexibility index (Phi) is 7.44. The van der Waals surface area contributed by atoms with Crippen LogP contribution in [0.4, 0.5) is 20.6 Å². The number of nitrogens with zero attached hydrogens (tertiary/aromatic N) is 1. The van der Waals surface area contributed by atoms with Crippen LogP contribution in [-0.4, -0.2) is 23.4 Å². The number of hydrogen-bond donors (Lipinski definition) is 2. The van der Waals surface area contributed by atoms with Crippen molar-refractivity contribution in [3.05, 3.63) is 70.2 Å². The summed E-state index contributed by atoms with van der Waals surface area (Å²) < 4.78 is 18.6. The highest BCUT2D eigenvalue weighted by Crippen LogP contribution is 2.30. The summed E-state index contributed by atoms with van der Waals surface area (Å²) in [5.74, 6) is -1.49. The number of nitriles is 1. The lowest BCUT2D eigenvalue weighted by Crippen LogP contribution is -2.27. The quantitative estimate of drug-likeness (QED) is 0.334. The number of carbonyl (C=O) groups is 3. The van der Waals surface area contributed by atoms with Crippen LogP contribution in [0.1, 0.15) is 42.4 Å². The molecule has 0 fully saturated rings. The molecular weight excluding hydrogens is 457 g/mol. The van der Waals surface area contributed by atoms with Crippen LogP contribution in [-0.2, 0) is 9.53 Å². The van der Waals surface area contributed by atoms with Gasteiger partial charge in [-0.15, -0.1) is 11.3 Å². The number of thiophene rings is 1. The first-order chi connectivity index (χ1) is 16.1. The lowest BCUT2D eigenvalue weighted by Gasteiger charge is -2.21. The van der Waals surface area contributed by atoms with Crippen molar-refractivity contribution in [1.82, 2.24) is 0 Å². The Morgan fingerprint density at radius 1 is 1.00 bits per heavy atom. The zero-order valence-electron chi connectivity index (χ0n) is 18.8. The largest absolute Gasteiger partial charge is 0.444 e. The molecule has 0 aliphatic carbocycles. The number of amides is 2. The maximum Gasteiger partial charge on any atom is 0.412 e. The molecule has 0 spiro atoms. The number of halogens is 1. The summed E-state index contributed by atoms with van der Waals surface area (Å²) in [6.07, 6.45) is -1.20. The Labute approximate surface area is 200 Å². The van der Waals surface area contributed by atoms with Crippen molar-refractivity contribution >= 4 is 40.5 Å². The van der Waals surface area contributed by atoms with Crippen molar-refractivity contribution in [2.45, 2.75) is 32.8 Å². The minimum absolute atomic E-state index is 0.213. The van der Waals surface area contributed by atoms with E-state index in [2.05, 4.69) is 10.6 Å². The van der Waals surface area contributed by atoms with Gasteiger partial charge in [0.2, 0.25) is 5.91 Å². The molecule has 0 unspecified atom stereocenters. The lowest BCUT2D eigenvalue weighted by atomic mass is 10.0. The monoisotopic (exact) mass is 479 g/mol. The fourth-order valence-corrected chi connectivity index (χ4v) is 3.81. The number of anilines is 2. The van der Waals surface area contributed by atoms with E-state index in [0.29, 0.717) is 11.1 Å². The zero-order valence-corrected chi connectivity index (χ0v) is 19.6. The van der Waals surface area contributed by atoms with Gasteiger partial charge in [0, 0.05) is 0 Å². The van der Waals surface area contributed by atoms with E-state index in [1.54, 1.807) is 56.5 Å². The van der Waals surface area contributed by atoms with Crippen LogP contribution < -0.4 is 10.6 Å². The third-order valence-corrected chi connectivity index (χ3v) is 5.42. The summed E-state index contributed by atoms with van der Waals surface area (Å²) in [5.41, 5.74) is 1.32. The molecule has 9 heteroatoms. The second-order valence-electron chi connectivity index (χ2n) is 8.32. The van der Waals surface area contributed by atoms with Gasteiger partial charge in [-0.05, 0) is 67.6 Å². The molecule has 7 nitrogen and oxygen atoms in total. The van der Waals surface area contributed by atoms with Gasteiger partial charge in [0.05, 0.1) is 28.2 Å². The molecule has 0 aliphatic heterocycles. The molecule has 1 heterocycles. The first-order valence-corrected chi connectivity index (χ1v) is 11.1. The van der Waals surface area contributed by atoms with E-state index >= 15 is 0 Å². The number of Topliss-reactive ketones (excluding diaryl/α,β-unsaturated/α-hetero) is 1. The van der Waals surface area contributed by atoms with Gasteiger partial charge in [-0.2, -0.15) is 5.26 Å². The van der Waals surface area contributed by atoms with E-state index in [4.69, 9.17) is 10.00 Å². The molecule has 2 N–H and O–H groups in total. The number of rotatable bonds is 6. The molecule has 2 amide bonds. The Bertz CT molecular complexity index is 1270. The molecule has 0 bridgehead atoms. The highest BCUT2D eigenvalue weighted by molar-refractivity contribution is 7.12. The van der Waals surface area contributed by atoms with Crippen molar-refractivity contribution in [3.63, 3.8) is 0 Å². The fraction of sp³-hybridized carbons (Fsp3) is 0.200. The van der Waals surface area contributed by atoms with E-state index in [0.717, 1.165) is 11.3 Å². The second-order valence-corrected chi connectivity index (χ2v) is 9.23. The molecule has 2 aromatic carbocycles. The maximum absolute atomic E-state index is 13.3. The van der Waals surface area contributed by atoms with E-state index in [1.165, 1.54) is 18.2 Å². The molecule has 0 radical (unpaired) electrons. The lowest BCUT2D eigenvalue weighted by molar-refractivity contribution is -0.115. The third-order valence-electron chi connectivity index (χ3n) is 4.47. The normalized spacial score (nSPS) is 10.8. The minimum atomic E-state index is -0.729. The van der Waals surface area contributed by atoms with Crippen molar-refractivity contribution in [2.75, 3.05) is 10.6 Å². The number of ether oxygens (including phenoxy) is 1. The van der Waals surface area contributed by atoms with E-state index < -0.39 is 29.8 Å². The van der Waals surface area contributed by atoms with Crippen LogP contribution >= 0.6 is 11.3 Å². The Morgan fingerprint density at radius 3 is 2.32 bits per heavy atom. The third kappa shape index (κ3) is 6.49. The van der Waals surface area contributed by atoms with E-state index in [1.807, 2.05) is 6.07 Å². The summed E-state index contributed by atoms with van der Waals surface area (Å²) in [4.78, 5) is 37.7. The molecule has 0 saturated carbocycles. The van der Waals surface area contributed by atoms with Crippen LogP contribution in [0.5, 0.6) is 0 Å². The molecular formula is C25H22FN3O4S.